The molecule has 1 atom stereocenters. The smallest absolute Gasteiger partial charge is 0.263 e. The van der Waals surface area contributed by atoms with Gasteiger partial charge in [-0.05, 0) is 69.1 Å². The lowest BCUT2D eigenvalue weighted by molar-refractivity contribution is -0.138. The third-order valence-corrected chi connectivity index (χ3v) is 4.67. The highest BCUT2D eigenvalue weighted by molar-refractivity contribution is 5.81. The number of hydrogen-bond acceptors (Lipinski definition) is 2. The van der Waals surface area contributed by atoms with Crippen molar-refractivity contribution >= 4 is 5.91 Å². The summed E-state index contributed by atoms with van der Waals surface area (Å²) in [6.07, 6.45) is 7.82. The summed E-state index contributed by atoms with van der Waals surface area (Å²) >= 11 is 0. The predicted octanol–water partition coefficient (Wildman–Crippen LogP) is 3.35. The summed E-state index contributed by atoms with van der Waals surface area (Å²) in [7, 11) is 0. The van der Waals surface area contributed by atoms with E-state index in [1.165, 1.54) is 30.4 Å². The first-order valence-corrected chi connectivity index (χ1v) is 8.32. The maximum atomic E-state index is 12.5. The Kier molecular flexibility index (Phi) is 4.47. The fourth-order valence-corrected chi connectivity index (χ4v) is 3.47. The van der Waals surface area contributed by atoms with Gasteiger partial charge in [-0.25, -0.2) is 0 Å². The molecule has 1 heterocycles. The number of piperidine rings is 1. The van der Waals surface area contributed by atoms with Gasteiger partial charge in [0.15, 0.2) is 6.10 Å². The molecule has 0 unspecified atom stereocenters. The van der Waals surface area contributed by atoms with Gasteiger partial charge in [-0.15, -0.1) is 0 Å². The van der Waals surface area contributed by atoms with E-state index in [0.29, 0.717) is 0 Å². The summed E-state index contributed by atoms with van der Waals surface area (Å²) in [6.45, 7) is 3.66. The highest BCUT2D eigenvalue weighted by Crippen LogP contribution is 2.30. The monoisotopic (exact) mass is 287 g/mol. The molecule has 0 saturated carbocycles. The van der Waals surface area contributed by atoms with Crippen molar-refractivity contribution in [1.82, 2.24) is 4.90 Å². The van der Waals surface area contributed by atoms with E-state index in [0.717, 1.165) is 44.5 Å². The molecule has 1 aliphatic heterocycles. The Bertz CT molecular complexity index is 506. The quantitative estimate of drug-likeness (QED) is 0.853. The standard InChI is InChI=1S/C18H25NO2/c1-14(18(20)19-12-5-2-6-13-19)21-17-11-7-9-15-8-3-4-10-16(15)17/h7,9,11,14H,2-6,8,10,12-13H2,1H3/t14-/m1/s1. The molecule has 3 nitrogen and oxygen atoms in total. The first kappa shape index (κ1) is 14.4. The van der Waals surface area contributed by atoms with E-state index in [9.17, 15) is 4.79 Å². The Labute approximate surface area is 127 Å². The third-order valence-electron chi connectivity index (χ3n) is 4.67. The van der Waals surface area contributed by atoms with Crippen LogP contribution in [0, 0.1) is 0 Å². The molecule has 0 spiro atoms. The molecular formula is C18H25NO2. The third kappa shape index (κ3) is 3.22. The van der Waals surface area contributed by atoms with Gasteiger partial charge in [-0.2, -0.15) is 0 Å². The van der Waals surface area contributed by atoms with Crippen LogP contribution in [0.5, 0.6) is 5.75 Å². The average Bonchev–Trinajstić information content (AvgIpc) is 2.55. The molecule has 0 aromatic heterocycles. The van der Waals surface area contributed by atoms with Gasteiger partial charge in [0, 0.05) is 13.1 Å². The van der Waals surface area contributed by atoms with E-state index in [4.69, 9.17) is 4.74 Å². The number of nitrogens with zero attached hydrogens (tertiary/aromatic N) is 1. The lowest BCUT2D eigenvalue weighted by Crippen LogP contribution is -2.43. The van der Waals surface area contributed by atoms with Crippen LogP contribution in [0.4, 0.5) is 0 Å². The first-order chi connectivity index (χ1) is 10.3. The number of hydrogen-bond donors (Lipinski definition) is 0. The highest BCUT2D eigenvalue weighted by Gasteiger charge is 2.24. The molecule has 3 rings (SSSR count). The van der Waals surface area contributed by atoms with Crippen LogP contribution in [0.2, 0.25) is 0 Å². The van der Waals surface area contributed by atoms with Crippen molar-refractivity contribution in [3.05, 3.63) is 29.3 Å². The highest BCUT2D eigenvalue weighted by atomic mass is 16.5. The van der Waals surface area contributed by atoms with Crippen molar-refractivity contribution in [2.75, 3.05) is 13.1 Å². The zero-order valence-electron chi connectivity index (χ0n) is 12.9. The molecule has 2 aliphatic rings. The molecule has 1 fully saturated rings. The summed E-state index contributed by atoms with van der Waals surface area (Å²) in [5.74, 6) is 1.06. The molecule has 1 aromatic rings. The number of benzene rings is 1. The van der Waals surface area contributed by atoms with E-state index < -0.39 is 0 Å². The molecule has 1 saturated heterocycles. The minimum atomic E-state index is -0.378. The summed E-state index contributed by atoms with van der Waals surface area (Å²) in [5.41, 5.74) is 2.72. The van der Waals surface area contributed by atoms with E-state index in [1.54, 1.807) is 0 Å². The molecule has 1 amide bonds. The number of ether oxygens (including phenoxy) is 1. The minimum absolute atomic E-state index is 0.142. The molecule has 1 aromatic carbocycles. The molecule has 0 N–H and O–H groups in total. The second kappa shape index (κ2) is 6.50. The molecule has 0 bridgehead atoms. The lowest BCUT2D eigenvalue weighted by atomic mass is 9.91. The number of carbonyl (C=O) groups is 1. The average molecular weight is 287 g/mol. The molecule has 0 radical (unpaired) electrons. The number of fused-ring (bicyclic) bond motifs is 1. The number of likely N-dealkylation sites (tertiary alicyclic amines) is 1. The molecule has 1 aliphatic carbocycles. The van der Waals surface area contributed by atoms with Gasteiger partial charge in [-0.3, -0.25) is 4.79 Å². The van der Waals surface area contributed by atoms with Crippen molar-refractivity contribution in [3.63, 3.8) is 0 Å². The SMILES string of the molecule is C[C@@H](Oc1cccc2c1CCCC2)C(=O)N1CCCCC1. The van der Waals surface area contributed by atoms with Gasteiger partial charge in [0.2, 0.25) is 0 Å². The summed E-state index contributed by atoms with van der Waals surface area (Å²) in [6, 6.07) is 6.26. The Balaban J connectivity index is 1.69. The van der Waals surface area contributed by atoms with Crippen LogP contribution < -0.4 is 4.74 Å². The van der Waals surface area contributed by atoms with Crippen molar-refractivity contribution in [2.45, 2.75) is 58.0 Å². The van der Waals surface area contributed by atoms with Crippen LogP contribution in [0.1, 0.15) is 50.2 Å². The van der Waals surface area contributed by atoms with E-state index >= 15 is 0 Å². The van der Waals surface area contributed by atoms with Gasteiger partial charge in [-0.1, -0.05) is 12.1 Å². The largest absolute Gasteiger partial charge is 0.481 e. The predicted molar refractivity (Wildman–Crippen MR) is 83.6 cm³/mol. The van der Waals surface area contributed by atoms with Crippen LogP contribution in [0.3, 0.4) is 0 Å². The summed E-state index contributed by atoms with van der Waals surface area (Å²) < 4.78 is 6.04. The van der Waals surface area contributed by atoms with Crippen LogP contribution >= 0.6 is 0 Å². The van der Waals surface area contributed by atoms with Crippen LogP contribution in [0.15, 0.2) is 18.2 Å². The van der Waals surface area contributed by atoms with E-state index in [2.05, 4.69) is 12.1 Å². The van der Waals surface area contributed by atoms with Crippen LogP contribution in [0.25, 0.3) is 0 Å². The Morgan fingerprint density at radius 3 is 2.67 bits per heavy atom. The normalized spacial score (nSPS) is 19.8. The molecule has 21 heavy (non-hydrogen) atoms. The molecule has 3 heteroatoms. The minimum Gasteiger partial charge on any atom is -0.481 e. The Morgan fingerprint density at radius 2 is 1.86 bits per heavy atom. The van der Waals surface area contributed by atoms with Crippen LogP contribution in [-0.2, 0) is 17.6 Å². The number of amides is 1. The Hall–Kier alpha value is -1.51. The zero-order chi connectivity index (χ0) is 14.7. The van der Waals surface area contributed by atoms with Gasteiger partial charge < -0.3 is 9.64 Å². The fourth-order valence-electron chi connectivity index (χ4n) is 3.47. The number of aryl methyl sites for hydroxylation is 1. The van der Waals surface area contributed by atoms with Crippen molar-refractivity contribution < 1.29 is 9.53 Å². The van der Waals surface area contributed by atoms with Crippen molar-refractivity contribution in [1.29, 1.82) is 0 Å². The van der Waals surface area contributed by atoms with E-state index in [-0.39, 0.29) is 12.0 Å². The van der Waals surface area contributed by atoms with Gasteiger partial charge >= 0.3 is 0 Å². The van der Waals surface area contributed by atoms with E-state index in [1.807, 2.05) is 17.9 Å². The second-order valence-electron chi connectivity index (χ2n) is 6.25. The second-order valence-corrected chi connectivity index (χ2v) is 6.25. The summed E-state index contributed by atoms with van der Waals surface area (Å²) in [4.78, 5) is 14.4. The maximum Gasteiger partial charge on any atom is 0.263 e. The van der Waals surface area contributed by atoms with Gasteiger partial charge in [0.05, 0.1) is 0 Å². The van der Waals surface area contributed by atoms with Crippen LogP contribution in [-0.4, -0.2) is 30.0 Å². The number of rotatable bonds is 3. The Morgan fingerprint density at radius 1 is 1.10 bits per heavy atom. The maximum absolute atomic E-state index is 12.5. The van der Waals surface area contributed by atoms with Gasteiger partial charge in [0.1, 0.15) is 5.75 Å². The zero-order valence-corrected chi connectivity index (χ0v) is 12.9. The van der Waals surface area contributed by atoms with Gasteiger partial charge in [0.25, 0.3) is 5.91 Å². The molecule has 114 valence electrons. The number of carbonyl (C=O) groups excluding carboxylic acids is 1. The summed E-state index contributed by atoms with van der Waals surface area (Å²) in [5, 5.41) is 0. The van der Waals surface area contributed by atoms with Crippen molar-refractivity contribution in [3.8, 4) is 5.75 Å². The van der Waals surface area contributed by atoms with Crippen molar-refractivity contribution in [2.24, 2.45) is 0 Å². The first-order valence-electron chi connectivity index (χ1n) is 8.32. The topological polar surface area (TPSA) is 29.5 Å². The molecular weight excluding hydrogens is 262 g/mol. The lowest BCUT2D eigenvalue weighted by Gasteiger charge is -2.30. The fraction of sp³-hybridized carbons (Fsp3) is 0.611.